The lowest BCUT2D eigenvalue weighted by Crippen LogP contribution is -2.43. The standard InChI is InChI=1S/C24H31N3O4S/c1-18(2)11-14-25-23(28)19-12-15-27(16-13-19)24(29)20-7-6-8-21(17-20)26-32(30,31)22-9-4-3-5-10-22/h3-10,17-19,26H,11-16H2,1-2H3,(H,25,28). The van der Waals surface area contributed by atoms with E-state index in [-0.39, 0.29) is 22.6 Å². The van der Waals surface area contributed by atoms with Crippen molar-refractivity contribution in [2.45, 2.75) is 38.0 Å². The summed E-state index contributed by atoms with van der Waals surface area (Å²) in [7, 11) is -3.73. The highest BCUT2D eigenvalue weighted by Crippen LogP contribution is 2.22. The lowest BCUT2D eigenvalue weighted by atomic mass is 9.95. The first kappa shape index (κ1) is 23.8. The zero-order valence-corrected chi connectivity index (χ0v) is 19.4. The Kier molecular flexibility index (Phi) is 7.90. The molecule has 0 spiro atoms. The SMILES string of the molecule is CC(C)CCNC(=O)C1CCN(C(=O)c2cccc(NS(=O)(=O)c3ccccc3)c2)CC1. The van der Waals surface area contributed by atoms with Crippen LogP contribution < -0.4 is 10.0 Å². The number of rotatable bonds is 8. The Balaban J connectivity index is 1.58. The van der Waals surface area contributed by atoms with Crippen LogP contribution in [0.4, 0.5) is 5.69 Å². The Morgan fingerprint density at radius 2 is 1.72 bits per heavy atom. The van der Waals surface area contributed by atoms with E-state index < -0.39 is 10.0 Å². The number of sulfonamides is 1. The predicted molar refractivity (Wildman–Crippen MR) is 125 cm³/mol. The van der Waals surface area contributed by atoms with E-state index in [1.807, 2.05) is 0 Å². The Hall–Kier alpha value is -2.87. The molecule has 0 aromatic heterocycles. The fraction of sp³-hybridized carbons (Fsp3) is 0.417. The second-order valence-electron chi connectivity index (χ2n) is 8.54. The van der Waals surface area contributed by atoms with Gasteiger partial charge in [0.15, 0.2) is 0 Å². The molecule has 0 saturated carbocycles. The normalized spacial score (nSPS) is 14.9. The Bertz CT molecular complexity index is 1030. The van der Waals surface area contributed by atoms with Crippen LogP contribution in [0.25, 0.3) is 0 Å². The quantitative estimate of drug-likeness (QED) is 0.634. The van der Waals surface area contributed by atoms with E-state index in [0.29, 0.717) is 49.6 Å². The van der Waals surface area contributed by atoms with E-state index in [0.717, 1.165) is 6.42 Å². The van der Waals surface area contributed by atoms with Crippen molar-refractivity contribution in [3.05, 3.63) is 60.2 Å². The van der Waals surface area contributed by atoms with Gasteiger partial charge in [-0.2, -0.15) is 0 Å². The number of carbonyl (C=O) groups excluding carboxylic acids is 2. The van der Waals surface area contributed by atoms with Gasteiger partial charge in [-0.25, -0.2) is 8.42 Å². The molecular weight excluding hydrogens is 426 g/mol. The third kappa shape index (κ3) is 6.32. The van der Waals surface area contributed by atoms with Crippen molar-refractivity contribution in [2.24, 2.45) is 11.8 Å². The lowest BCUT2D eigenvalue weighted by Gasteiger charge is -2.31. The Morgan fingerprint density at radius 3 is 2.38 bits per heavy atom. The highest BCUT2D eigenvalue weighted by Gasteiger charge is 2.28. The van der Waals surface area contributed by atoms with Gasteiger partial charge in [0.05, 0.1) is 4.90 Å². The molecule has 32 heavy (non-hydrogen) atoms. The van der Waals surface area contributed by atoms with Gasteiger partial charge in [-0.1, -0.05) is 38.1 Å². The molecule has 0 radical (unpaired) electrons. The van der Waals surface area contributed by atoms with E-state index in [1.54, 1.807) is 47.4 Å². The summed E-state index contributed by atoms with van der Waals surface area (Å²) in [4.78, 5) is 27.2. The maximum Gasteiger partial charge on any atom is 0.261 e. The number of likely N-dealkylation sites (tertiary alicyclic amines) is 1. The number of nitrogens with one attached hydrogen (secondary N) is 2. The topological polar surface area (TPSA) is 95.6 Å². The summed E-state index contributed by atoms with van der Waals surface area (Å²) in [6, 6.07) is 14.6. The van der Waals surface area contributed by atoms with E-state index in [1.165, 1.54) is 12.1 Å². The van der Waals surface area contributed by atoms with E-state index in [2.05, 4.69) is 23.9 Å². The molecule has 2 amide bonds. The van der Waals surface area contributed by atoms with Crippen LogP contribution in [0.3, 0.4) is 0 Å². The number of hydrogen-bond acceptors (Lipinski definition) is 4. The zero-order valence-electron chi connectivity index (χ0n) is 18.6. The molecule has 2 aromatic carbocycles. The van der Waals surface area contributed by atoms with Crippen LogP contribution in [0.2, 0.25) is 0 Å². The maximum absolute atomic E-state index is 13.0. The van der Waals surface area contributed by atoms with Crippen LogP contribution in [0.15, 0.2) is 59.5 Å². The number of piperidine rings is 1. The van der Waals surface area contributed by atoms with Gasteiger partial charge >= 0.3 is 0 Å². The molecule has 3 rings (SSSR count). The molecule has 2 aromatic rings. The second-order valence-corrected chi connectivity index (χ2v) is 10.2. The van der Waals surface area contributed by atoms with Crippen molar-refractivity contribution in [1.29, 1.82) is 0 Å². The van der Waals surface area contributed by atoms with E-state index in [4.69, 9.17) is 0 Å². The van der Waals surface area contributed by atoms with Gasteiger partial charge in [-0.3, -0.25) is 14.3 Å². The van der Waals surface area contributed by atoms with Crippen LogP contribution in [-0.2, 0) is 14.8 Å². The average Bonchev–Trinajstić information content (AvgIpc) is 2.79. The summed E-state index contributed by atoms with van der Waals surface area (Å²) < 4.78 is 27.6. The van der Waals surface area contributed by atoms with Crippen molar-refractivity contribution in [3.63, 3.8) is 0 Å². The molecule has 0 atom stereocenters. The summed E-state index contributed by atoms with van der Waals surface area (Å²) in [6.45, 7) is 5.93. The molecule has 1 aliphatic heterocycles. The zero-order chi connectivity index (χ0) is 23.1. The lowest BCUT2D eigenvalue weighted by molar-refractivity contribution is -0.126. The molecule has 1 heterocycles. The minimum atomic E-state index is -3.73. The third-order valence-electron chi connectivity index (χ3n) is 5.59. The van der Waals surface area contributed by atoms with Gasteiger partial charge in [0.25, 0.3) is 15.9 Å². The molecule has 7 nitrogen and oxygen atoms in total. The maximum atomic E-state index is 13.0. The van der Waals surface area contributed by atoms with Crippen LogP contribution in [0, 0.1) is 11.8 Å². The molecular formula is C24H31N3O4S. The minimum Gasteiger partial charge on any atom is -0.356 e. The number of anilines is 1. The summed E-state index contributed by atoms with van der Waals surface area (Å²) in [6.07, 6.45) is 2.20. The molecule has 1 aliphatic rings. The first-order valence-electron chi connectivity index (χ1n) is 11.0. The number of carbonyl (C=O) groups is 2. The third-order valence-corrected chi connectivity index (χ3v) is 6.99. The summed E-state index contributed by atoms with van der Waals surface area (Å²) >= 11 is 0. The van der Waals surface area contributed by atoms with E-state index >= 15 is 0 Å². The van der Waals surface area contributed by atoms with Gasteiger partial charge < -0.3 is 10.2 Å². The molecule has 172 valence electrons. The first-order valence-corrected chi connectivity index (χ1v) is 12.5. The Morgan fingerprint density at radius 1 is 1.03 bits per heavy atom. The van der Waals surface area contributed by atoms with Crippen molar-refractivity contribution >= 4 is 27.5 Å². The van der Waals surface area contributed by atoms with Gasteiger partial charge in [0.2, 0.25) is 5.91 Å². The fourth-order valence-corrected chi connectivity index (χ4v) is 4.76. The number of amides is 2. The molecule has 0 unspecified atom stereocenters. The summed E-state index contributed by atoms with van der Waals surface area (Å²) in [5.41, 5.74) is 0.747. The van der Waals surface area contributed by atoms with Crippen LogP contribution in [-0.4, -0.2) is 44.8 Å². The van der Waals surface area contributed by atoms with Gasteiger partial charge in [0.1, 0.15) is 0 Å². The fourth-order valence-electron chi connectivity index (χ4n) is 3.69. The van der Waals surface area contributed by atoms with Crippen molar-refractivity contribution in [2.75, 3.05) is 24.4 Å². The molecule has 2 N–H and O–H groups in total. The molecule has 8 heteroatoms. The second kappa shape index (κ2) is 10.6. The number of benzene rings is 2. The van der Waals surface area contributed by atoms with Crippen LogP contribution in [0.1, 0.15) is 43.5 Å². The molecule has 1 saturated heterocycles. The molecule has 0 aliphatic carbocycles. The monoisotopic (exact) mass is 457 g/mol. The minimum absolute atomic E-state index is 0.0649. The largest absolute Gasteiger partial charge is 0.356 e. The van der Waals surface area contributed by atoms with Crippen molar-refractivity contribution in [3.8, 4) is 0 Å². The van der Waals surface area contributed by atoms with E-state index in [9.17, 15) is 18.0 Å². The van der Waals surface area contributed by atoms with Crippen LogP contribution in [0.5, 0.6) is 0 Å². The summed E-state index contributed by atoms with van der Waals surface area (Å²) in [5.74, 6) is 0.373. The summed E-state index contributed by atoms with van der Waals surface area (Å²) in [5, 5.41) is 2.99. The predicted octanol–water partition coefficient (Wildman–Crippen LogP) is 3.50. The molecule has 0 bridgehead atoms. The van der Waals surface area contributed by atoms with Crippen molar-refractivity contribution in [1.82, 2.24) is 10.2 Å². The molecule has 1 fully saturated rings. The number of hydrogen-bond donors (Lipinski definition) is 2. The first-order chi connectivity index (χ1) is 15.3. The smallest absolute Gasteiger partial charge is 0.261 e. The highest BCUT2D eigenvalue weighted by molar-refractivity contribution is 7.92. The highest BCUT2D eigenvalue weighted by atomic mass is 32.2. The van der Waals surface area contributed by atoms with Crippen LogP contribution >= 0.6 is 0 Å². The van der Waals surface area contributed by atoms with Gasteiger partial charge in [-0.05, 0) is 55.5 Å². The Labute approximate surface area is 190 Å². The number of nitrogens with zero attached hydrogens (tertiary/aromatic N) is 1. The average molecular weight is 458 g/mol. The van der Waals surface area contributed by atoms with Crippen molar-refractivity contribution < 1.29 is 18.0 Å². The van der Waals surface area contributed by atoms with Gasteiger partial charge in [-0.15, -0.1) is 0 Å². The van der Waals surface area contributed by atoms with Gasteiger partial charge in [0, 0.05) is 36.8 Å².